The van der Waals surface area contributed by atoms with Crippen LogP contribution in [-0.2, 0) is 6.54 Å². The second kappa shape index (κ2) is 5.56. The van der Waals surface area contributed by atoms with Gasteiger partial charge in [0, 0.05) is 12.5 Å². The van der Waals surface area contributed by atoms with Gasteiger partial charge in [-0.25, -0.2) is 4.98 Å². The summed E-state index contributed by atoms with van der Waals surface area (Å²) in [6.07, 6.45) is 9.08. The molecule has 1 fully saturated rings. The van der Waals surface area contributed by atoms with Gasteiger partial charge >= 0.3 is 0 Å². The van der Waals surface area contributed by atoms with Crippen molar-refractivity contribution in [1.29, 1.82) is 0 Å². The minimum absolute atomic E-state index is 0.650. The number of nitrogens with two attached hydrogens (primary N) is 1. The summed E-state index contributed by atoms with van der Waals surface area (Å²) in [7, 11) is 0. The van der Waals surface area contributed by atoms with E-state index in [1.54, 1.807) is 0 Å². The van der Waals surface area contributed by atoms with Crippen molar-refractivity contribution in [2.75, 3.05) is 5.73 Å². The quantitative estimate of drug-likeness (QED) is 0.866. The van der Waals surface area contributed by atoms with Crippen molar-refractivity contribution in [3.63, 3.8) is 0 Å². The third-order valence-corrected chi connectivity index (χ3v) is 3.93. The lowest BCUT2D eigenvalue weighted by atomic mass is 9.88. The van der Waals surface area contributed by atoms with Crippen molar-refractivity contribution < 1.29 is 0 Å². The zero-order valence-electron chi connectivity index (χ0n) is 11.2. The Morgan fingerprint density at radius 2 is 2.00 bits per heavy atom. The zero-order valence-corrected chi connectivity index (χ0v) is 11.2. The summed E-state index contributed by atoms with van der Waals surface area (Å²) in [4.78, 5) is 4.72. The minimum Gasteiger partial charge on any atom is -0.384 e. The normalized spacial score (nSPS) is 17.5. The molecule has 0 radical (unpaired) electrons. The summed E-state index contributed by atoms with van der Waals surface area (Å²) in [6, 6.07) is 0. The summed E-state index contributed by atoms with van der Waals surface area (Å²) in [5, 5.41) is 0. The van der Waals surface area contributed by atoms with Crippen LogP contribution in [0.4, 0.5) is 5.82 Å². The highest BCUT2D eigenvalue weighted by molar-refractivity contribution is 5.38. The molecule has 1 aliphatic carbocycles. The molecule has 1 aliphatic rings. The molecule has 2 rings (SSSR count). The molecule has 0 amide bonds. The molecule has 0 unspecified atom stereocenters. The summed E-state index contributed by atoms with van der Waals surface area (Å²) < 4.78 is 2.27. The topological polar surface area (TPSA) is 43.8 Å². The number of rotatable bonds is 4. The van der Waals surface area contributed by atoms with Gasteiger partial charge in [0.25, 0.3) is 0 Å². The first-order valence-corrected chi connectivity index (χ1v) is 7.06. The third kappa shape index (κ3) is 2.64. The van der Waals surface area contributed by atoms with E-state index in [-0.39, 0.29) is 0 Å². The fourth-order valence-electron chi connectivity index (χ4n) is 2.83. The van der Waals surface area contributed by atoms with E-state index in [0.717, 1.165) is 18.1 Å². The maximum atomic E-state index is 6.15. The Morgan fingerprint density at radius 3 is 2.65 bits per heavy atom. The molecule has 0 bridgehead atoms. The summed E-state index contributed by atoms with van der Waals surface area (Å²) in [6.45, 7) is 5.29. The van der Waals surface area contributed by atoms with Gasteiger partial charge in [-0.15, -0.1) is 0 Å². The van der Waals surface area contributed by atoms with Gasteiger partial charge in [0.05, 0.1) is 5.69 Å². The van der Waals surface area contributed by atoms with Crippen LogP contribution in [-0.4, -0.2) is 9.55 Å². The molecule has 96 valence electrons. The Kier molecular flexibility index (Phi) is 4.08. The number of nitrogen functional groups attached to an aromatic ring is 1. The first kappa shape index (κ1) is 12.5. The Morgan fingerprint density at radius 1 is 1.29 bits per heavy atom. The van der Waals surface area contributed by atoms with Crippen LogP contribution in [0, 0.1) is 6.92 Å². The van der Waals surface area contributed by atoms with Gasteiger partial charge in [0.15, 0.2) is 0 Å². The van der Waals surface area contributed by atoms with Crippen LogP contribution < -0.4 is 5.73 Å². The fourth-order valence-corrected chi connectivity index (χ4v) is 2.83. The number of anilines is 1. The molecule has 0 saturated heterocycles. The van der Waals surface area contributed by atoms with E-state index in [9.17, 15) is 0 Å². The Labute approximate surface area is 104 Å². The molecule has 0 aliphatic heterocycles. The van der Waals surface area contributed by atoms with Crippen molar-refractivity contribution in [3.8, 4) is 0 Å². The van der Waals surface area contributed by atoms with Crippen molar-refractivity contribution >= 4 is 5.82 Å². The first-order valence-electron chi connectivity index (χ1n) is 7.06. The lowest BCUT2D eigenvalue weighted by molar-refractivity contribution is 0.413. The van der Waals surface area contributed by atoms with Crippen molar-refractivity contribution in [2.45, 2.75) is 71.3 Å². The van der Waals surface area contributed by atoms with Crippen LogP contribution in [0.3, 0.4) is 0 Å². The lowest BCUT2D eigenvalue weighted by Gasteiger charge is -2.22. The van der Waals surface area contributed by atoms with Gasteiger partial charge in [-0.2, -0.15) is 0 Å². The van der Waals surface area contributed by atoms with Crippen LogP contribution >= 0.6 is 0 Å². The molecule has 0 aromatic carbocycles. The van der Waals surface area contributed by atoms with E-state index in [0.29, 0.717) is 5.92 Å². The fraction of sp³-hybridized carbons (Fsp3) is 0.786. The van der Waals surface area contributed by atoms with Crippen molar-refractivity contribution in [2.24, 2.45) is 0 Å². The summed E-state index contributed by atoms with van der Waals surface area (Å²) >= 11 is 0. The second-order valence-electron chi connectivity index (χ2n) is 5.28. The van der Waals surface area contributed by atoms with E-state index in [1.807, 2.05) is 6.92 Å². The number of hydrogen-bond donors (Lipinski definition) is 1. The lowest BCUT2D eigenvalue weighted by Crippen LogP contribution is -2.14. The molecule has 1 heterocycles. The first-order chi connectivity index (χ1) is 8.24. The number of imidazole rings is 1. The van der Waals surface area contributed by atoms with E-state index in [4.69, 9.17) is 10.7 Å². The zero-order chi connectivity index (χ0) is 12.3. The van der Waals surface area contributed by atoms with Crippen LogP contribution in [0.15, 0.2) is 0 Å². The Hall–Kier alpha value is -0.990. The molecule has 0 spiro atoms. The van der Waals surface area contributed by atoms with Gasteiger partial charge in [-0.1, -0.05) is 32.6 Å². The van der Waals surface area contributed by atoms with Gasteiger partial charge < -0.3 is 10.3 Å². The van der Waals surface area contributed by atoms with E-state index in [2.05, 4.69) is 11.5 Å². The summed E-state index contributed by atoms with van der Waals surface area (Å²) in [5.41, 5.74) is 7.17. The van der Waals surface area contributed by atoms with Gasteiger partial charge in [-0.3, -0.25) is 0 Å². The SMILES string of the molecule is CCCCn1c(C2CCCCC2)nc(C)c1N. The predicted octanol–water partition coefficient (Wildman–Crippen LogP) is 3.62. The minimum atomic E-state index is 0.650. The second-order valence-corrected chi connectivity index (χ2v) is 5.28. The van der Waals surface area contributed by atoms with Gasteiger partial charge in [0.1, 0.15) is 11.6 Å². The third-order valence-electron chi connectivity index (χ3n) is 3.93. The molecule has 17 heavy (non-hydrogen) atoms. The molecule has 3 nitrogen and oxygen atoms in total. The monoisotopic (exact) mass is 235 g/mol. The van der Waals surface area contributed by atoms with Crippen molar-refractivity contribution in [3.05, 3.63) is 11.5 Å². The maximum absolute atomic E-state index is 6.15. The number of nitrogens with zero attached hydrogens (tertiary/aromatic N) is 2. The summed E-state index contributed by atoms with van der Waals surface area (Å²) in [5.74, 6) is 2.80. The molecule has 1 saturated carbocycles. The average molecular weight is 235 g/mol. The highest BCUT2D eigenvalue weighted by Crippen LogP contribution is 2.33. The molecule has 2 N–H and O–H groups in total. The molecular formula is C14H25N3. The molecule has 1 aromatic rings. The maximum Gasteiger partial charge on any atom is 0.126 e. The van der Waals surface area contributed by atoms with Crippen LogP contribution in [0.2, 0.25) is 0 Å². The van der Waals surface area contributed by atoms with E-state index < -0.39 is 0 Å². The average Bonchev–Trinajstić information content (AvgIpc) is 2.65. The van der Waals surface area contributed by atoms with Crippen LogP contribution in [0.5, 0.6) is 0 Å². The Bertz CT molecular complexity index is 362. The van der Waals surface area contributed by atoms with E-state index in [1.165, 1.54) is 50.8 Å². The standard InChI is InChI=1S/C14H25N3/c1-3-4-10-17-13(15)11(2)16-14(17)12-8-6-5-7-9-12/h12H,3-10,15H2,1-2H3. The number of aryl methyl sites for hydroxylation is 1. The van der Waals surface area contributed by atoms with Gasteiger partial charge in [-0.05, 0) is 26.2 Å². The predicted molar refractivity (Wildman–Crippen MR) is 72.1 cm³/mol. The smallest absolute Gasteiger partial charge is 0.126 e. The highest BCUT2D eigenvalue weighted by Gasteiger charge is 2.22. The van der Waals surface area contributed by atoms with Gasteiger partial charge in [0.2, 0.25) is 0 Å². The number of unbranched alkanes of at least 4 members (excludes halogenated alkanes) is 1. The van der Waals surface area contributed by atoms with E-state index >= 15 is 0 Å². The number of aromatic nitrogens is 2. The van der Waals surface area contributed by atoms with Crippen LogP contribution in [0.25, 0.3) is 0 Å². The molecule has 1 aromatic heterocycles. The largest absolute Gasteiger partial charge is 0.384 e. The van der Waals surface area contributed by atoms with Crippen LogP contribution in [0.1, 0.15) is 69.3 Å². The Balaban J connectivity index is 2.21. The molecule has 0 atom stereocenters. The molecular weight excluding hydrogens is 210 g/mol. The highest BCUT2D eigenvalue weighted by atomic mass is 15.1. The number of hydrogen-bond acceptors (Lipinski definition) is 2. The van der Waals surface area contributed by atoms with Crippen molar-refractivity contribution in [1.82, 2.24) is 9.55 Å². The molecule has 3 heteroatoms.